The highest BCUT2D eigenvalue weighted by atomic mass is 15.0. The largest absolute Gasteiger partial charge is 0.311 e. The van der Waals surface area contributed by atoms with Gasteiger partial charge in [0.15, 0.2) is 0 Å². The van der Waals surface area contributed by atoms with Gasteiger partial charge >= 0.3 is 0 Å². The van der Waals surface area contributed by atoms with Crippen molar-refractivity contribution in [3.05, 3.63) is 35.4 Å². The summed E-state index contributed by atoms with van der Waals surface area (Å²) in [7, 11) is 0. The van der Waals surface area contributed by atoms with E-state index in [0.717, 1.165) is 17.9 Å². The van der Waals surface area contributed by atoms with E-state index in [1.54, 1.807) is 11.1 Å². The van der Waals surface area contributed by atoms with Gasteiger partial charge in [-0.15, -0.1) is 0 Å². The number of unbranched alkanes of at least 4 members (excludes halogenated alkanes) is 2. The first-order valence-corrected chi connectivity index (χ1v) is 9.10. The third kappa shape index (κ3) is 3.51. The maximum atomic E-state index is 4.01. The molecule has 3 unspecified atom stereocenters. The summed E-state index contributed by atoms with van der Waals surface area (Å²) in [6.07, 6.45) is 10.9. The van der Waals surface area contributed by atoms with Crippen LogP contribution in [0.3, 0.4) is 0 Å². The Hall–Kier alpha value is -0.820. The van der Waals surface area contributed by atoms with Crippen LogP contribution in [0.1, 0.15) is 63.5 Å². The van der Waals surface area contributed by atoms with Crippen molar-refractivity contribution in [2.45, 2.75) is 77.3 Å². The van der Waals surface area contributed by atoms with E-state index in [2.05, 4.69) is 43.4 Å². The molecule has 116 valence electrons. The molecule has 21 heavy (non-hydrogen) atoms. The van der Waals surface area contributed by atoms with Gasteiger partial charge in [0.1, 0.15) is 0 Å². The first kappa shape index (κ1) is 15.1. The average Bonchev–Trinajstić information content (AvgIpc) is 2.74. The summed E-state index contributed by atoms with van der Waals surface area (Å²) in [5, 5.41) is 4.01. The molecular formula is C20H31N. The topological polar surface area (TPSA) is 12.0 Å². The zero-order valence-corrected chi connectivity index (χ0v) is 13.8. The van der Waals surface area contributed by atoms with Crippen molar-refractivity contribution >= 4 is 0 Å². The maximum Gasteiger partial charge on any atom is 0.0132 e. The molecule has 0 aromatic heterocycles. The van der Waals surface area contributed by atoms with Gasteiger partial charge in [-0.25, -0.2) is 0 Å². The Morgan fingerprint density at radius 2 is 1.67 bits per heavy atom. The van der Waals surface area contributed by atoms with Crippen LogP contribution in [0, 0.1) is 11.8 Å². The molecule has 0 spiro atoms. The number of nitrogens with one attached hydrogen (secondary N) is 1. The van der Waals surface area contributed by atoms with E-state index in [1.807, 2.05) is 0 Å². The number of rotatable bonds is 6. The van der Waals surface area contributed by atoms with E-state index < -0.39 is 0 Å². The van der Waals surface area contributed by atoms with Gasteiger partial charge in [-0.2, -0.15) is 0 Å². The Kier molecular flexibility index (Phi) is 5.00. The quantitative estimate of drug-likeness (QED) is 0.745. The zero-order chi connectivity index (χ0) is 14.7. The SMILES string of the molecule is CCCCCC(C)NC1C2CCC1Cc1ccccc1C2. The fourth-order valence-electron chi connectivity index (χ4n) is 4.54. The van der Waals surface area contributed by atoms with Gasteiger partial charge in [-0.3, -0.25) is 0 Å². The first-order valence-electron chi connectivity index (χ1n) is 9.10. The van der Waals surface area contributed by atoms with E-state index in [0.29, 0.717) is 6.04 Å². The fourth-order valence-corrected chi connectivity index (χ4v) is 4.54. The summed E-state index contributed by atoms with van der Waals surface area (Å²) in [6, 6.07) is 10.6. The third-order valence-corrected chi connectivity index (χ3v) is 5.72. The van der Waals surface area contributed by atoms with Gasteiger partial charge in [0.05, 0.1) is 0 Å². The van der Waals surface area contributed by atoms with Crippen LogP contribution in [0.4, 0.5) is 0 Å². The van der Waals surface area contributed by atoms with Crippen LogP contribution in [0.5, 0.6) is 0 Å². The second-order valence-corrected chi connectivity index (χ2v) is 7.36. The summed E-state index contributed by atoms with van der Waals surface area (Å²) in [5.41, 5.74) is 3.24. The van der Waals surface area contributed by atoms with E-state index in [4.69, 9.17) is 0 Å². The summed E-state index contributed by atoms with van der Waals surface area (Å²) in [4.78, 5) is 0. The number of benzene rings is 1. The Labute approximate surface area is 130 Å². The molecule has 2 aliphatic carbocycles. The Morgan fingerprint density at radius 1 is 1.05 bits per heavy atom. The van der Waals surface area contributed by atoms with Crippen LogP contribution >= 0.6 is 0 Å². The molecule has 0 radical (unpaired) electrons. The maximum absolute atomic E-state index is 4.01. The number of fused-ring (bicyclic) bond motifs is 3. The zero-order valence-electron chi connectivity index (χ0n) is 13.8. The minimum Gasteiger partial charge on any atom is -0.311 e. The molecule has 0 heterocycles. The standard InChI is InChI=1S/C20H31N/c1-3-4-5-8-15(2)21-20-18-11-12-19(20)14-17-10-7-6-9-16(17)13-18/h6-7,9-10,15,18-21H,3-5,8,11-14H2,1-2H3. The number of hydrogen-bond acceptors (Lipinski definition) is 1. The molecule has 1 fully saturated rings. The molecule has 1 saturated carbocycles. The van der Waals surface area contributed by atoms with Crippen molar-refractivity contribution in [3.63, 3.8) is 0 Å². The minimum atomic E-state index is 0.686. The smallest absolute Gasteiger partial charge is 0.0132 e. The highest BCUT2D eigenvalue weighted by Gasteiger charge is 2.39. The van der Waals surface area contributed by atoms with Crippen molar-refractivity contribution in [1.82, 2.24) is 5.32 Å². The molecule has 2 bridgehead atoms. The predicted molar refractivity (Wildman–Crippen MR) is 90.6 cm³/mol. The van der Waals surface area contributed by atoms with Crippen LogP contribution in [0.25, 0.3) is 0 Å². The summed E-state index contributed by atoms with van der Waals surface area (Å²) in [5.74, 6) is 1.74. The van der Waals surface area contributed by atoms with E-state index in [-0.39, 0.29) is 0 Å². The molecule has 1 aromatic rings. The van der Waals surface area contributed by atoms with Gasteiger partial charge in [0, 0.05) is 12.1 Å². The van der Waals surface area contributed by atoms with Crippen LogP contribution in [-0.4, -0.2) is 12.1 Å². The summed E-state index contributed by atoms with van der Waals surface area (Å²) >= 11 is 0. The lowest BCUT2D eigenvalue weighted by molar-refractivity contribution is 0.303. The fraction of sp³-hybridized carbons (Fsp3) is 0.700. The van der Waals surface area contributed by atoms with Crippen LogP contribution < -0.4 is 5.32 Å². The highest BCUT2D eigenvalue weighted by Crippen LogP contribution is 2.40. The Morgan fingerprint density at radius 3 is 2.24 bits per heavy atom. The molecule has 0 amide bonds. The van der Waals surface area contributed by atoms with Gasteiger partial charge < -0.3 is 5.32 Å². The molecule has 1 heteroatoms. The molecule has 1 nitrogen and oxygen atoms in total. The minimum absolute atomic E-state index is 0.686. The molecule has 1 N–H and O–H groups in total. The van der Waals surface area contributed by atoms with E-state index in [1.165, 1.54) is 51.4 Å². The average molecular weight is 285 g/mol. The van der Waals surface area contributed by atoms with Crippen molar-refractivity contribution in [2.75, 3.05) is 0 Å². The second-order valence-electron chi connectivity index (χ2n) is 7.36. The Balaban J connectivity index is 1.63. The van der Waals surface area contributed by atoms with E-state index >= 15 is 0 Å². The van der Waals surface area contributed by atoms with Crippen molar-refractivity contribution < 1.29 is 0 Å². The van der Waals surface area contributed by atoms with Crippen molar-refractivity contribution in [1.29, 1.82) is 0 Å². The molecule has 0 aliphatic heterocycles. The lowest BCUT2D eigenvalue weighted by Gasteiger charge is -2.28. The van der Waals surface area contributed by atoms with Gasteiger partial charge in [-0.05, 0) is 62.0 Å². The van der Waals surface area contributed by atoms with E-state index in [9.17, 15) is 0 Å². The first-order chi connectivity index (χ1) is 10.3. The predicted octanol–water partition coefficient (Wildman–Crippen LogP) is 4.74. The van der Waals surface area contributed by atoms with Crippen LogP contribution in [0.2, 0.25) is 0 Å². The Bertz CT molecular complexity index is 420. The summed E-state index contributed by atoms with van der Waals surface area (Å²) < 4.78 is 0. The normalized spacial score (nSPS) is 29.0. The summed E-state index contributed by atoms with van der Waals surface area (Å²) in [6.45, 7) is 4.69. The molecule has 2 aliphatic rings. The van der Waals surface area contributed by atoms with Gasteiger partial charge in [-0.1, -0.05) is 50.5 Å². The molecule has 0 saturated heterocycles. The molecular weight excluding hydrogens is 254 g/mol. The number of hydrogen-bond donors (Lipinski definition) is 1. The lowest BCUT2D eigenvalue weighted by atomic mass is 9.94. The van der Waals surface area contributed by atoms with Crippen molar-refractivity contribution in [3.8, 4) is 0 Å². The molecule has 3 atom stereocenters. The monoisotopic (exact) mass is 285 g/mol. The van der Waals surface area contributed by atoms with Crippen LogP contribution in [0.15, 0.2) is 24.3 Å². The highest BCUT2D eigenvalue weighted by molar-refractivity contribution is 5.30. The van der Waals surface area contributed by atoms with Crippen molar-refractivity contribution in [2.24, 2.45) is 11.8 Å². The van der Waals surface area contributed by atoms with Crippen LogP contribution in [-0.2, 0) is 12.8 Å². The second kappa shape index (κ2) is 6.96. The third-order valence-electron chi connectivity index (χ3n) is 5.72. The van der Waals surface area contributed by atoms with Gasteiger partial charge in [0.2, 0.25) is 0 Å². The molecule has 1 aromatic carbocycles. The van der Waals surface area contributed by atoms with Gasteiger partial charge in [0.25, 0.3) is 0 Å². The molecule has 3 rings (SSSR count). The lowest BCUT2D eigenvalue weighted by Crippen LogP contribution is -2.43.